The lowest BCUT2D eigenvalue weighted by Gasteiger charge is -2.06. The van der Waals surface area contributed by atoms with Crippen molar-refractivity contribution < 1.29 is 0 Å². The van der Waals surface area contributed by atoms with Gasteiger partial charge in [-0.05, 0) is 10.9 Å². The van der Waals surface area contributed by atoms with E-state index in [0.717, 1.165) is 0 Å². The fourth-order valence-corrected chi connectivity index (χ4v) is 1.32. The molecule has 0 heterocycles. The van der Waals surface area contributed by atoms with Crippen molar-refractivity contribution in [2.24, 2.45) is 0 Å². The van der Waals surface area contributed by atoms with Crippen molar-refractivity contribution in [3.63, 3.8) is 0 Å². The van der Waals surface area contributed by atoms with E-state index in [-0.39, 0.29) is 0 Å². The molecule has 0 nitrogen and oxygen atoms in total. The van der Waals surface area contributed by atoms with Gasteiger partial charge in [-0.25, -0.2) is 0 Å². The third-order valence-electron chi connectivity index (χ3n) is 2.47. The van der Waals surface area contributed by atoms with Crippen molar-refractivity contribution >= 4 is 7.85 Å². The highest BCUT2D eigenvalue weighted by Gasteiger charge is 2.38. The second-order valence-electron chi connectivity index (χ2n) is 3.43. The van der Waals surface area contributed by atoms with E-state index >= 15 is 0 Å². The molecule has 1 heteroatoms. The highest BCUT2D eigenvalue weighted by molar-refractivity contribution is 6.18. The van der Waals surface area contributed by atoms with Crippen LogP contribution in [0.25, 0.3) is 0 Å². The third kappa shape index (κ3) is 0.861. The Morgan fingerprint density at radius 1 is 1.10 bits per heavy atom. The summed E-state index contributed by atoms with van der Waals surface area (Å²) in [6.45, 7) is 0. The van der Waals surface area contributed by atoms with Gasteiger partial charge in [0.25, 0.3) is 0 Å². The van der Waals surface area contributed by atoms with E-state index in [9.17, 15) is 0 Å². The Morgan fingerprint density at radius 3 is 2.20 bits per heavy atom. The molecule has 1 saturated carbocycles. The summed E-state index contributed by atoms with van der Waals surface area (Å²) in [6, 6.07) is 10.8. The molecule has 0 radical (unpaired) electrons. The SMILES string of the molecule is BC1(c2ccccc2)CC1. The monoisotopic (exact) mass is 130 g/mol. The fraction of sp³-hybridized carbons (Fsp3) is 0.333. The van der Waals surface area contributed by atoms with E-state index < -0.39 is 0 Å². The van der Waals surface area contributed by atoms with Crippen LogP contribution in [0.2, 0.25) is 0 Å². The molecule has 0 bridgehead atoms. The molecule has 0 aliphatic heterocycles. The van der Waals surface area contributed by atoms with Crippen LogP contribution in [0.1, 0.15) is 18.4 Å². The second-order valence-corrected chi connectivity index (χ2v) is 3.43. The molecule has 0 aromatic heterocycles. The van der Waals surface area contributed by atoms with E-state index in [2.05, 4.69) is 38.2 Å². The zero-order valence-corrected chi connectivity index (χ0v) is 6.30. The van der Waals surface area contributed by atoms with Gasteiger partial charge in [-0.3, -0.25) is 0 Å². The molecule has 0 N–H and O–H groups in total. The summed E-state index contributed by atoms with van der Waals surface area (Å²) in [4.78, 5) is 0. The summed E-state index contributed by atoms with van der Waals surface area (Å²) in [5.41, 5.74) is 1.51. The highest BCUT2D eigenvalue weighted by Crippen LogP contribution is 2.44. The van der Waals surface area contributed by atoms with Crippen LogP contribution in [0, 0.1) is 0 Å². The Kier molecular flexibility index (Phi) is 1.13. The van der Waals surface area contributed by atoms with Crippen molar-refractivity contribution in [1.29, 1.82) is 0 Å². The Bertz CT molecular complexity index is 224. The second kappa shape index (κ2) is 1.88. The minimum Gasteiger partial charge on any atom is -0.0622 e. The smallest absolute Gasteiger partial charge is 0.0622 e. The molecule has 10 heavy (non-hydrogen) atoms. The first-order chi connectivity index (χ1) is 4.81. The summed E-state index contributed by atoms with van der Waals surface area (Å²) in [6.07, 6.45) is 2.74. The fourth-order valence-electron chi connectivity index (χ4n) is 1.32. The Morgan fingerprint density at radius 2 is 1.70 bits per heavy atom. The molecule has 1 aliphatic carbocycles. The van der Waals surface area contributed by atoms with Gasteiger partial charge in [-0.2, -0.15) is 0 Å². The van der Waals surface area contributed by atoms with Gasteiger partial charge in [0.15, 0.2) is 0 Å². The average Bonchev–Trinajstić information content (AvgIpc) is 2.72. The third-order valence-corrected chi connectivity index (χ3v) is 2.47. The Hall–Kier alpha value is -0.715. The van der Waals surface area contributed by atoms with E-state index in [0.29, 0.717) is 5.31 Å². The lowest BCUT2D eigenvalue weighted by atomic mass is 9.77. The van der Waals surface area contributed by atoms with Crippen LogP contribution < -0.4 is 0 Å². The molecule has 1 aliphatic rings. The van der Waals surface area contributed by atoms with Gasteiger partial charge in [-0.15, -0.1) is 0 Å². The van der Waals surface area contributed by atoms with Gasteiger partial charge in [0.2, 0.25) is 0 Å². The molecular formula is C9H11B. The van der Waals surface area contributed by atoms with Crippen LogP contribution in [0.3, 0.4) is 0 Å². The highest BCUT2D eigenvalue weighted by atomic mass is 14.4. The van der Waals surface area contributed by atoms with Crippen molar-refractivity contribution in [3.8, 4) is 0 Å². The summed E-state index contributed by atoms with van der Waals surface area (Å²) >= 11 is 0. The molecule has 1 aromatic rings. The molecule has 50 valence electrons. The van der Waals surface area contributed by atoms with Gasteiger partial charge in [0.1, 0.15) is 7.85 Å². The zero-order valence-electron chi connectivity index (χ0n) is 6.30. The lowest BCUT2D eigenvalue weighted by Crippen LogP contribution is -2.03. The van der Waals surface area contributed by atoms with Gasteiger partial charge in [0.05, 0.1) is 0 Å². The van der Waals surface area contributed by atoms with Gasteiger partial charge in [-0.1, -0.05) is 43.2 Å². The van der Waals surface area contributed by atoms with E-state index in [1.807, 2.05) is 0 Å². The van der Waals surface area contributed by atoms with Crippen LogP contribution in [0.4, 0.5) is 0 Å². The van der Waals surface area contributed by atoms with Crippen LogP contribution in [-0.2, 0) is 5.31 Å². The quantitative estimate of drug-likeness (QED) is 0.502. The number of benzene rings is 1. The zero-order chi connectivity index (χ0) is 7.03. The minimum absolute atomic E-state index is 0.543. The largest absolute Gasteiger partial charge is 0.115 e. The summed E-state index contributed by atoms with van der Waals surface area (Å²) < 4.78 is 0. The van der Waals surface area contributed by atoms with Crippen molar-refractivity contribution in [2.45, 2.75) is 18.2 Å². The van der Waals surface area contributed by atoms with Crippen LogP contribution >= 0.6 is 0 Å². The van der Waals surface area contributed by atoms with Crippen LogP contribution in [0.15, 0.2) is 30.3 Å². The van der Waals surface area contributed by atoms with E-state index in [1.54, 1.807) is 0 Å². The van der Waals surface area contributed by atoms with Crippen molar-refractivity contribution in [1.82, 2.24) is 0 Å². The Balaban J connectivity index is 2.35. The standard InChI is InChI=1S/C9H11B/c10-9(6-7-9)8-4-2-1-3-5-8/h1-5H,6-7,10H2. The maximum absolute atomic E-state index is 2.34. The van der Waals surface area contributed by atoms with Gasteiger partial charge in [0, 0.05) is 0 Å². The number of rotatable bonds is 1. The first kappa shape index (κ1) is 6.02. The normalized spacial score (nSPS) is 20.4. The molecule has 0 amide bonds. The Labute approximate surface area is 62.7 Å². The molecule has 0 spiro atoms. The maximum Gasteiger partial charge on any atom is 0.115 e. The molecule has 0 atom stereocenters. The number of hydrogen-bond donors (Lipinski definition) is 0. The molecule has 2 rings (SSSR count). The molecule has 1 fully saturated rings. The minimum atomic E-state index is 0.543. The van der Waals surface area contributed by atoms with Gasteiger partial charge < -0.3 is 0 Å². The predicted octanol–water partition coefficient (Wildman–Crippen LogP) is 1.31. The predicted molar refractivity (Wildman–Crippen MR) is 45.9 cm³/mol. The molecule has 0 saturated heterocycles. The average molecular weight is 130 g/mol. The summed E-state index contributed by atoms with van der Waals surface area (Å²) in [5, 5.41) is 0.543. The molecule has 1 aromatic carbocycles. The summed E-state index contributed by atoms with van der Waals surface area (Å²) in [5.74, 6) is 0. The lowest BCUT2D eigenvalue weighted by molar-refractivity contribution is 1.01. The molecular weight excluding hydrogens is 119 g/mol. The van der Waals surface area contributed by atoms with Crippen molar-refractivity contribution in [2.75, 3.05) is 0 Å². The number of hydrogen-bond acceptors (Lipinski definition) is 0. The maximum atomic E-state index is 2.34. The van der Waals surface area contributed by atoms with Crippen LogP contribution in [0.5, 0.6) is 0 Å². The van der Waals surface area contributed by atoms with E-state index in [1.165, 1.54) is 18.4 Å². The van der Waals surface area contributed by atoms with Crippen molar-refractivity contribution in [3.05, 3.63) is 35.9 Å². The topological polar surface area (TPSA) is 0 Å². The first-order valence-corrected chi connectivity index (χ1v) is 3.87. The van der Waals surface area contributed by atoms with Gasteiger partial charge >= 0.3 is 0 Å². The summed E-state index contributed by atoms with van der Waals surface area (Å²) in [7, 11) is 2.34. The van der Waals surface area contributed by atoms with E-state index in [4.69, 9.17) is 0 Å². The molecule has 0 unspecified atom stereocenters. The first-order valence-electron chi connectivity index (χ1n) is 3.87. The van der Waals surface area contributed by atoms with Crippen LogP contribution in [-0.4, -0.2) is 7.85 Å².